The topological polar surface area (TPSA) is 113 Å². The van der Waals surface area contributed by atoms with Gasteiger partial charge < -0.3 is 14.7 Å². The second-order valence-electron chi connectivity index (χ2n) is 5.43. The van der Waals surface area contributed by atoms with E-state index in [1.807, 2.05) is 4.90 Å². The minimum atomic E-state index is -0.997. The zero-order chi connectivity index (χ0) is 17.7. The van der Waals surface area contributed by atoms with Crippen LogP contribution in [0.2, 0.25) is 0 Å². The summed E-state index contributed by atoms with van der Waals surface area (Å²) in [7, 11) is 1.27. The minimum Gasteiger partial charge on any atom is -0.468 e. The average molecular weight is 337 g/mol. The molecule has 0 aliphatic carbocycles. The number of nitro groups is 1. The zero-order valence-electron chi connectivity index (χ0n) is 13.3. The lowest BCUT2D eigenvalue weighted by Crippen LogP contribution is -2.54. The summed E-state index contributed by atoms with van der Waals surface area (Å²) >= 11 is 0. The number of carboxylic acid groups (broad SMARTS) is 1. The van der Waals surface area contributed by atoms with Crippen molar-refractivity contribution in [2.24, 2.45) is 0 Å². The minimum absolute atomic E-state index is 0.0458. The van der Waals surface area contributed by atoms with Gasteiger partial charge in [0.15, 0.2) is 0 Å². The number of carbonyl (C=O) groups excluding carboxylic acids is 1. The lowest BCUT2D eigenvalue weighted by molar-refractivity contribution is -0.385. The molecule has 1 heterocycles. The van der Waals surface area contributed by atoms with Crippen molar-refractivity contribution in [1.29, 1.82) is 0 Å². The van der Waals surface area contributed by atoms with Gasteiger partial charge in [0.1, 0.15) is 6.04 Å². The molecule has 1 unspecified atom stereocenters. The largest absolute Gasteiger partial charge is 0.468 e. The van der Waals surface area contributed by atoms with E-state index in [1.54, 1.807) is 18.2 Å². The number of nitro benzene ring substituents is 1. The summed E-state index contributed by atoms with van der Waals surface area (Å²) in [6, 6.07) is 5.57. The molecular weight excluding hydrogens is 318 g/mol. The van der Waals surface area contributed by atoms with Gasteiger partial charge in [-0.15, -0.1) is 0 Å². The fourth-order valence-electron chi connectivity index (χ4n) is 2.79. The lowest BCUT2D eigenvalue weighted by atomic mass is 10.0. The standard InChI is InChI=1S/C15H19N3O6/c1-24-14(19)13(16-6-8-17(9-7-16)15(20)21)10-11-4-2-3-5-12(11)18(22)23/h2-5,13H,6-10H2,1H3,(H,20,21). The first kappa shape index (κ1) is 17.7. The van der Waals surface area contributed by atoms with Crippen LogP contribution in [0.3, 0.4) is 0 Å². The van der Waals surface area contributed by atoms with Crippen LogP contribution in [0.4, 0.5) is 10.5 Å². The summed E-state index contributed by atoms with van der Waals surface area (Å²) < 4.78 is 4.83. The van der Waals surface area contributed by atoms with Gasteiger partial charge in [-0.2, -0.15) is 0 Å². The summed E-state index contributed by atoms with van der Waals surface area (Å²) in [5, 5.41) is 20.1. The average Bonchev–Trinajstić information content (AvgIpc) is 2.59. The highest BCUT2D eigenvalue weighted by atomic mass is 16.6. The third-order valence-corrected chi connectivity index (χ3v) is 4.10. The number of benzene rings is 1. The molecule has 0 radical (unpaired) electrons. The molecule has 1 aliphatic rings. The Balaban J connectivity index is 2.17. The molecule has 2 rings (SSSR count). The molecule has 1 atom stereocenters. The van der Waals surface area contributed by atoms with Crippen molar-refractivity contribution in [3.8, 4) is 0 Å². The Morgan fingerprint density at radius 2 is 1.92 bits per heavy atom. The van der Waals surface area contributed by atoms with Gasteiger partial charge in [-0.25, -0.2) is 4.79 Å². The van der Waals surface area contributed by atoms with Gasteiger partial charge in [0.2, 0.25) is 0 Å². The van der Waals surface area contributed by atoms with Crippen LogP contribution in [-0.4, -0.2) is 71.2 Å². The van der Waals surface area contributed by atoms with Crippen molar-refractivity contribution in [1.82, 2.24) is 9.80 Å². The Morgan fingerprint density at radius 3 is 2.46 bits per heavy atom. The van der Waals surface area contributed by atoms with Gasteiger partial charge in [0, 0.05) is 44.2 Å². The molecule has 24 heavy (non-hydrogen) atoms. The van der Waals surface area contributed by atoms with Crippen LogP contribution in [0.1, 0.15) is 5.56 Å². The monoisotopic (exact) mass is 337 g/mol. The molecular formula is C15H19N3O6. The summed E-state index contributed by atoms with van der Waals surface area (Å²) in [4.78, 5) is 36.9. The number of amides is 1. The van der Waals surface area contributed by atoms with E-state index in [1.165, 1.54) is 18.1 Å². The van der Waals surface area contributed by atoms with Crippen molar-refractivity contribution in [3.63, 3.8) is 0 Å². The summed E-state index contributed by atoms with van der Waals surface area (Å²) in [6.45, 7) is 1.29. The number of carbonyl (C=O) groups is 2. The molecule has 9 heteroatoms. The first-order valence-corrected chi connectivity index (χ1v) is 7.46. The van der Waals surface area contributed by atoms with Gasteiger partial charge in [-0.05, 0) is 0 Å². The second kappa shape index (κ2) is 7.73. The number of rotatable bonds is 5. The third-order valence-electron chi connectivity index (χ3n) is 4.10. The fraction of sp³-hybridized carbons (Fsp3) is 0.467. The predicted molar refractivity (Wildman–Crippen MR) is 83.8 cm³/mol. The number of para-hydroxylation sites is 1. The number of hydrogen-bond donors (Lipinski definition) is 1. The van der Waals surface area contributed by atoms with Crippen LogP contribution in [0.5, 0.6) is 0 Å². The van der Waals surface area contributed by atoms with Crippen LogP contribution >= 0.6 is 0 Å². The number of hydrogen-bond acceptors (Lipinski definition) is 6. The smallest absolute Gasteiger partial charge is 0.407 e. The van der Waals surface area contributed by atoms with Crippen molar-refractivity contribution in [3.05, 3.63) is 39.9 Å². The highest BCUT2D eigenvalue weighted by Crippen LogP contribution is 2.22. The first-order chi connectivity index (χ1) is 11.4. The molecule has 0 bridgehead atoms. The molecule has 1 amide bonds. The summed E-state index contributed by atoms with van der Waals surface area (Å²) in [5.41, 5.74) is 0.397. The molecule has 0 aromatic heterocycles. The van der Waals surface area contributed by atoms with Crippen LogP contribution in [0, 0.1) is 10.1 Å². The van der Waals surface area contributed by atoms with Gasteiger partial charge >= 0.3 is 12.1 Å². The van der Waals surface area contributed by atoms with E-state index in [0.717, 1.165) is 0 Å². The van der Waals surface area contributed by atoms with Crippen molar-refractivity contribution in [2.75, 3.05) is 33.3 Å². The predicted octanol–water partition coefficient (Wildman–Crippen LogP) is 0.974. The van der Waals surface area contributed by atoms with E-state index in [-0.39, 0.29) is 25.2 Å². The highest BCUT2D eigenvalue weighted by molar-refractivity contribution is 5.76. The molecule has 0 saturated carbocycles. The van der Waals surface area contributed by atoms with Crippen molar-refractivity contribution < 1.29 is 24.4 Å². The second-order valence-corrected chi connectivity index (χ2v) is 5.43. The molecule has 1 aliphatic heterocycles. The Labute approximate surface area is 138 Å². The number of esters is 1. The summed E-state index contributed by atoms with van der Waals surface area (Å²) in [5.74, 6) is -0.489. The highest BCUT2D eigenvalue weighted by Gasteiger charge is 2.32. The molecule has 1 fully saturated rings. The van der Waals surface area contributed by atoms with Crippen LogP contribution in [0.25, 0.3) is 0 Å². The SMILES string of the molecule is COC(=O)C(Cc1ccccc1[N+](=O)[O-])N1CCN(C(=O)O)CC1. The van der Waals surface area contributed by atoms with Crippen molar-refractivity contribution >= 4 is 17.7 Å². The van der Waals surface area contributed by atoms with Gasteiger partial charge in [0.25, 0.3) is 5.69 Å². The number of nitrogens with zero attached hydrogens (tertiary/aromatic N) is 3. The number of piperazine rings is 1. The van der Waals surface area contributed by atoms with Crippen LogP contribution in [0.15, 0.2) is 24.3 Å². The molecule has 1 aromatic carbocycles. The molecule has 130 valence electrons. The Hall–Kier alpha value is -2.68. The van der Waals surface area contributed by atoms with Crippen molar-refractivity contribution in [2.45, 2.75) is 12.5 Å². The fourth-order valence-corrected chi connectivity index (χ4v) is 2.79. The Bertz CT molecular complexity index is 627. The van der Waals surface area contributed by atoms with E-state index in [0.29, 0.717) is 18.7 Å². The molecule has 9 nitrogen and oxygen atoms in total. The van der Waals surface area contributed by atoms with Gasteiger partial charge in [0.05, 0.1) is 12.0 Å². The quantitative estimate of drug-likeness (QED) is 0.484. The van der Waals surface area contributed by atoms with E-state index in [9.17, 15) is 19.7 Å². The number of ether oxygens (including phenoxy) is 1. The normalized spacial score (nSPS) is 16.5. The first-order valence-electron chi connectivity index (χ1n) is 7.46. The van der Waals surface area contributed by atoms with E-state index in [2.05, 4.69) is 0 Å². The molecule has 1 saturated heterocycles. The van der Waals surface area contributed by atoms with Crippen LogP contribution in [-0.2, 0) is 16.0 Å². The Kier molecular flexibility index (Phi) is 5.69. The maximum atomic E-state index is 12.1. The van der Waals surface area contributed by atoms with Gasteiger partial charge in [-0.3, -0.25) is 19.8 Å². The Morgan fingerprint density at radius 1 is 1.29 bits per heavy atom. The lowest BCUT2D eigenvalue weighted by Gasteiger charge is -2.36. The van der Waals surface area contributed by atoms with E-state index >= 15 is 0 Å². The number of methoxy groups -OCH3 is 1. The van der Waals surface area contributed by atoms with E-state index in [4.69, 9.17) is 9.84 Å². The molecule has 1 N–H and O–H groups in total. The molecule has 1 aromatic rings. The maximum Gasteiger partial charge on any atom is 0.407 e. The maximum absolute atomic E-state index is 12.1. The summed E-state index contributed by atoms with van der Waals surface area (Å²) in [6.07, 6.45) is -0.861. The molecule has 0 spiro atoms. The van der Waals surface area contributed by atoms with E-state index < -0.39 is 23.0 Å². The zero-order valence-corrected chi connectivity index (χ0v) is 13.3. The van der Waals surface area contributed by atoms with Crippen LogP contribution < -0.4 is 0 Å². The van der Waals surface area contributed by atoms with Gasteiger partial charge in [-0.1, -0.05) is 18.2 Å². The third kappa shape index (κ3) is 3.99.